The molecule has 3 nitrogen and oxygen atoms in total. The van der Waals surface area contributed by atoms with Gasteiger partial charge in [0, 0.05) is 18.4 Å². The molecule has 1 aromatic rings. The molecule has 94 valence electrons. The van der Waals surface area contributed by atoms with Gasteiger partial charge in [-0.2, -0.15) is 0 Å². The lowest BCUT2D eigenvalue weighted by Gasteiger charge is -2.29. The van der Waals surface area contributed by atoms with Crippen molar-refractivity contribution < 1.29 is 0 Å². The summed E-state index contributed by atoms with van der Waals surface area (Å²) in [6.45, 7) is 4.39. The van der Waals surface area contributed by atoms with Gasteiger partial charge in [-0.15, -0.1) is 0 Å². The maximum absolute atomic E-state index is 5.88. The van der Waals surface area contributed by atoms with Crippen molar-refractivity contribution >= 4 is 0 Å². The van der Waals surface area contributed by atoms with Crippen LogP contribution in [0.2, 0.25) is 0 Å². The van der Waals surface area contributed by atoms with Gasteiger partial charge in [0.05, 0.1) is 0 Å². The average molecular weight is 233 g/mol. The van der Waals surface area contributed by atoms with Crippen LogP contribution >= 0.6 is 0 Å². The highest BCUT2D eigenvalue weighted by molar-refractivity contribution is 5.04. The molecule has 2 N–H and O–H groups in total. The van der Waals surface area contributed by atoms with Crippen molar-refractivity contribution in [2.24, 2.45) is 11.7 Å². The number of hydrogen-bond acceptors (Lipinski definition) is 3. The van der Waals surface area contributed by atoms with Crippen LogP contribution in [0.1, 0.15) is 25.0 Å². The lowest BCUT2D eigenvalue weighted by atomic mass is 10.0. The molecular formula is C14H23N3. The monoisotopic (exact) mass is 233 g/mol. The molecule has 0 radical (unpaired) electrons. The molecule has 1 unspecified atom stereocenters. The van der Waals surface area contributed by atoms with E-state index in [-0.39, 0.29) is 0 Å². The topological polar surface area (TPSA) is 42.1 Å². The van der Waals surface area contributed by atoms with Gasteiger partial charge in [-0.25, -0.2) is 0 Å². The van der Waals surface area contributed by atoms with Crippen LogP contribution in [0.3, 0.4) is 0 Å². The maximum Gasteiger partial charge on any atom is 0.0407 e. The van der Waals surface area contributed by atoms with Crippen LogP contribution in [0.25, 0.3) is 0 Å². The van der Waals surface area contributed by atoms with Crippen molar-refractivity contribution in [3.63, 3.8) is 0 Å². The maximum atomic E-state index is 5.88. The lowest BCUT2D eigenvalue weighted by Crippen LogP contribution is -2.37. The van der Waals surface area contributed by atoms with Gasteiger partial charge in [0.15, 0.2) is 0 Å². The van der Waals surface area contributed by atoms with Crippen LogP contribution < -0.4 is 5.73 Å². The van der Waals surface area contributed by atoms with Crippen LogP contribution in [-0.2, 0) is 6.42 Å². The first-order valence-corrected chi connectivity index (χ1v) is 6.71. The minimum Gasteiger partial charge on any atom is -0.330 e. The van der Waals surface area contributed by atoms with Gasteiger partial charge >= 0.3 is 0 Å². The Labute approximate surface area is 104 Å². The molecule has 0 aromatic carbocycles. The number of nitrogens with zero attached hydrogens (tertiary/aromatic N) is 2. The fourth-order valence-corrected chi connectivity index (χ4v) is 2.54. The first-order chi connectivity index (χ1) is 8.38. The van der Waals surface area contributed by atoms with E-state index >= 15 is 0 Å². The van der Waals surface area contributed by atoms with Crippen molar-refractivity contribution in [2.75, 3.05) is 26.2 Å². The molecule has 1 aliphatic heterocycles. The predicted octanol–water partition coefficient (Wildman–Crippen LogP) is 1.68. The highest BCUT2D eigenvalue weighted by atomic mass is 15.1. The van der Waals surface area contributed by atoms with E-state index in [0.29, 0.717) is 5.92 Å². The quantitative estimate of drug-likeness (QED) is 0.841. The fourth-order valence-electron chi connectivity index (χ4n) is 2.54. The number of nitrogens with two attached hydrogens (primary N) is 1. The molecule has 1 fully saturated rings. The summed E-state index contributed by atoms with van der Waals surface area (Å²) in [5.74, 6) is 0.544. The van der Waals surface area contributed by atoms with Crippen molar-refractivity contribution in [3.05, 3.63) is 30.1 Å². The summed E-state index contributed by atoms with van der Waals surface area (Å²) < 4.78 is 0. The zero-order valence-corrected chi connectivity index (χ0v) is 10.5. The van der Waals surface area contributed by atoms with Gasteiger partial charge in [0.25, 0.3) is 0 Å². The fraction of sp³-hybridized carbons (Fsp3) is 0.643. The highest BCUT2D eigenvalue weighted by Gasteiger charge is 2.16. The Kier molecular flexibility index (Phi) is 4.95. The Balaban J connectivity index is 1.83. The third kappa shape index (κ3) is 4.10. The molecule has 0 saturated carbocycles. The molecule has 0 aliphatic carbocycles. The Bertz CT molecular complexity index is 307. The molecule has 0 spiro atoms. The Hall–Kier alpha value is -0.930. The highest BCUT2D eigenvalue weighted by Crippen LogP contribution is 2.13. The first-order valence-electron chi connectivity index (χ1n) is 6.71. The van der Waals surface area contributed by atoms with Crippen LogP contribution in [0.5, 0.6) is 0 Å². The van der Waals surface area contributed by atoms with E-state index in [0.717, 1.165) is 19.5 Å². The largest absolute Gasteiger partial charge is 0.330 e. The summed E-state index contributed by atoms with van der Waals surface area (Å²) in [4.78, 5) is 6.94. The van der Waals surface area contributed by atoms with Gasteiger partial charge in [0.2, 0.25) is 0 Å². The first kappa shape index (κ1) is 12.5. The van der Waals surface area contributed by atoms with Gasteiger partial charge in [-0.05, 0) is 56.9 Å². The summed E-state index contributed by atoms with van der Waals surface area (Å²) in [7, 11) is 0. The summed E-state index contributed by atoms with van der Waals surface area (Å²) in [5.41, 5.74) is 7.05. The van der Waals surface area contributed by atoms with Crippen molar-refractivity contribution in [3.8, 4) is 0 Å². The Morgan fingerprint density at radius 1 is 1.24 bits per heavy atom. The number of piperidine rings is 1. The normalized spacial score (nSPS) is 19.1. The van der Waals surface area contributed by atoms with E-state index in [1.165, 1.54) is 38.0 Å². The number of pyridine rings is 1. The smallest absolute Gasteiger partial charge is 0.0407 e. The van der Waals surface area contributed by atoms with Gasteiger partial charge in [0.1, 0.15) is 0 Å². The number of aromatic nitrogens is 1. The summed E-state index contributed by atoms with van der Waals surface area (Å²) in [6, 6.07) is 6.11. The van der Waals surface area contributed by atoms with Crippen LogP contribution in [-0.4, -0.2) is 36.1 Å². The van der Waals surface area contributed by atoms with E-state index < -0.39 is 0 Å². The molecule has 1 aromatic heterocycles. The van der Waals surface area contributed by atoms with E-state index in [1.54, 1.807) is 0 Å². The molecular weight excluding hydrogens is 210 g/mol. The van der Waals surface area contributed by atoms with E-state index in [9.17, 15) is 0 Å². The summed E-state index contributed by atoms with van der Waals surface area (Å²) in [6.07, 6.45) is 6.96. The van der Waals surface area contributed by atoms with Crippen molar-refractivity contribution in [1.82, 2.24) is 9.88 Å². The SMILES string of the molecule is NCC(Cc1ccccn1)CN1CCCCC1. The molecule has 2 rings (SSSR count). The molecule has 3 heteroatoms. The van der Waals surface area contributed by atoms with Crippen LogP contribution in [0, 0.1) is 5.92 Å². The molecule has 1 atom stereocenters. The lowest BCUT2D eigenvalue weighted by molar-refractivity contribution is 0.196. The van der Waals surface area contributed by atoms with Crippen molar-refractivity contribution in [1.29, 1.82) is 0 Å². The zero-order valence-electron chi connectivity index (χ0n) is 10.5. The summed E-state index contributed by atoms with van der Waals surface area (Å²) in [5, 5.41) is 0. The second-order valence-electron chi connectivity index (χ2n) is 4.99. The minimum atomic E-state index is 0.544. The minimum absolute atomic E-state index is 0.544. The van der Waals surface area contributed by atoms with Crippen LogP contribution in [0.15, 0.2) is 24.4 Å². The van der Waals surface area contributed by atoms with Gasteiger partial charge in [-0.3, -0.25) is 4.98 Å². The number of rotatable bonds is 5. The average Bonchev–Trinajstić information content (AvgIpc) is 2.40. The van der Waals surface area contributed by atoms with Gasteiger partial charge < -0.3 is 10.6 Å². The second-order valence-corrected chi connectivity index (χ2v) is 4.99. The third-order valence-electron chi connectivity index (χ3n) is 3.52. The molecule has 0 bridgehead atoms. The standard InChI is InChI=1S/C14H23N3/c15-11-13(10-14-6-2-3-7-16-14)12-17-8-4-1-5-9-17/h2-3,6-7,13H,1,4-5,8-12,15H2. The second kappa shape index (κ2) is 6.72. The molecule has 17 heavy (non-hydrogen) atoms. The third-order valence-corrected chi connectivity index (χ3v) is 3.52. The van der Waals surface area contributed by atoms with Crippen molar-refractivity contribution in [2.45, 2.75) is 25.7 Å². The Morgan fingerprint density at radius 2 is 2.06 bits per heavy atom. The van der Waals surface area contributed by atoms with Crippen LogP contribution in [0.4, 0.5) is 0 Å². The van der Waals surface area contributed by atoms with Gasteiger partial charge in [-0.1, -0.05) is 12.5 Å². The van der Waals surface area contributed by atoms with E-state index in [1.807, 2.05) is 12.3 Å². The molecule has 1 aliphatic rings. The summed E-state index contributed by atoms with van der Waals surface area (Å²) >= 11 is 0. The predicted molar refractivity (Wildman–Crippen MR) is 70.8 cm³/mol. The molecule has 2 heterocycles. The number of likely N-dealkylation sites (tertiary alicyclic amines) is 1. The number of hydrogen-bond donors (Lipinski definition) is 1. The van der Waals surface area contributed by atoms with E-state index in [2.05, 4.69) is 22.0 Å². The van der Waals surface area contributed by atoms with E-state index in [4.69, 9.17) is 5.73 Å². The molecule has 1 saturated heterocycles. The zero-order chi connectivity index (χ0) is 11.9. The molecule has 0 amide bonds. The Morgan fingerprint density at radius 3 is 2.71 bits per heavy atom.